The summed E-state index contributed by atoms with van der Waals surface area (Å²) in [5.74, 6) is 1.18. The van der Waals surface area contributed by atoms with E-state index in [-0.39, 0.29) is 17.9 Å². The van der Waals surface area contributed by atoms with Gasteiger partial charge in [0.05, 0.1) is 7.11 Å². The van der Waals surface area contributed by atoms with Gasteiger partial charge in [0, 0.05) is 17.9 Å². The second kappa shape index (κ2) is 4.44. The molecule has 0 saturated heterocycles. The van der Waals surface area contributed by atoms with Crippen LogP contribution in [0.4, 0.5) is 4.79 Å². The number of carbonyl (C=O) groups excluding carboxylic acids is 2. The van der Waals surface area contributed by atoms with Gasteiger partial charge < -0.3 is 10.1 Å². The van der Waals surface area contributed by atoms with Crippen LogP contribution in [0.15, 0.2) is 0 Å². The predicted molar refractivity (Wildman–Crippen MR) is 58.9 cm³/mol. The summed E-state index contributed by atoms with van der Waals surface area (Å²) in [5.41, 5.74) is 0. The van der Waals surface area contributed by atoms with Crippen molar-refractivity contribution in [3.8, 4) is 0 Å². The normalized spacial score (nSPS) is 36.9. The van der Waals surface area contributed by atoms with Crippen LogP contribution in [0.5, 0.6) is 0 Å². The Morgan fingerprint density at radius 1 is 1.25 bits per heavy atom. The topological polar surface area (TPSA) is 55.4 Å². The molecule has 2 aliphatic rings. The summed E-state index contributed by atoms with van der Waals surface area (Å²) in [6.07, 6.45) is 3.43. The minimum atomic E-state index is -0.423. The Kier molecular flexibility index (Phi) is 3.17. The van der Waals surface area contributed by atoms with E-state index in [0.29, 0.717) is 11.7 Å². The van der Waals surface area contributed by atoms with Gasteiger partial charge in [0.1, 0.15) is 5.78 Å². The highest BCUT2D eigenvalue weighted by molar-refractivity contribution is 5.87. The van der Waals surface area contributed by atoms with Crippen molar-refractivity contribution in [2.24, 2.45) is 17.8 Å². The third kappa shape index (κ3) is 2.20. The molecule has 16 heavy (non-hydrogen) atoms. The van der Waals surface area contributed by atoms with Crippen molar-refractivity contribution in [3.05, 3.63) is 0 Å². The van der Waals surface area contributed by atoms with E-state index in [9.17, 15) is 9.59 Å². The van der Waals surface area contributed by atoms with E-state index in [1.165, 1.54) is 7.11 Å². The standard InChI is InChI=1S/C12H19NO3/c1-7-6-9(7)11(14)8-4-3-5-10(8)13-12(15)16-2/h7-10H,3-6H2,1-2H3,(H,13,15). The average molecular weight is 225 g/mol. The van der Waals surface area contributed by atoms with Crippen LogP contribution in [-0.2, 0) is 9.53 Å². The second-order valence-corrected chi connectivity index (χ2v) is 5.00. The summed E-state index contributed by atoms with van der Waals surface area (Å²) in [6, 6.07) is -0.00671. The SMILES string of the molecule is COC(=O)NC1CCCC1C(=O)C1CC1C. The maximum absolute atomic E-state index is 12.1. The molecule has 1 amide bonds. The molecule has 1 N–H and O–H groups in total. The molecule has 0 aromatic carbocycles. The molecule has 2 rings (SSSR count). The molecule has 2 fully saturated rings. The van der Waals surface area contributed by atoms with Gasteiger partial charge >= 0.3 is 6.09 Å². The molecule has 0 bridgehead atoms. The molecule has 0 aromatic rings. The lowest BCUT2D eigenvalue weighted by molar-refractivity contribution is -0.124. The van der Waals surface area contributed by atoms with Gasteiger partial charge in [0.2, 0.25) is 0 Å². The Morgan fingerprint density at radius 3 is 2.50 bits per heavy atom. The first kappa shape index (κ1) is 11.4. The van der Waals surface area contributed by atoms with Crippen molar-refractivity contribution in [3.63, 3.8) is 0 Å². The van der Waals surface area contributed by atoms with Gasteiger partial charge in [-0.05, 0) is 25.2 Å². The van der Waals surface area contributed by atoms with Crippen LogP contribution < -0.4 is 5.32 Å². The Balaban J connectivity index is 1.92. The molecule has 0 aromatic heterocycles. The van der Waals surface area contributed by atoms with E-state index >= 15 is 0 Å². The number of carbonyl (C=O) groups is 2. The van der Waals surface area contributed by atoms with E-state index in [1.807, 2.05) is 0 Å². The predicted octanol–water partition coefficient (Wildman–Crippen LogP) is 1.74. The lowest BCUT2D eigenvalue weighted by Gasteiger charge is -2.19. The van der Waals surface area contributed by atoms with Gasteiger partial charge in [0.25, 0.3) is 0 Å². The highest BCUT2D eigenvalue weighted by Gasteiger charge is 2.45. The molecule has 0 aliphatic heterocycles. The molecular formula is C12H19NO3. The third-order valence-electron chi connectivity index (χ3n) is 3.84. The van der Waals surface area contributed by atoms with Crippen molar-refractivity contribution >= 4 is 11.9 Å². The number of hydrogen-bond donors (Lipinski definition) is 1. The monoisotopic (exact) mass is 225 g/mol. The number of ether oxygens (including phenoxy) is 1. The number of alkyl carbamates (subject to hydrolysis) is 1. The summed E-state index contributed by atoms with van der Waals surface area (Å²) in [6.45, 7) is 2.11. The lowest BCUT2D eigenvalue weighted by atomic mass is 9.94. The van der Waals surface area contributed by atoms with E-state index in [1.54, 1.807) is 0 Å². The average Bonchev–Trinajstić information content (AvgIpc) is 2.82. The van der Waals surface area contributed by atoms with Gasteiger partial charge in [-0.1, -0.05) is 13.3 Å². The van der Waals surface area contributed by atoms with Crippen molar-refractivity contribution in [1.82, 2.24) is 5.32 Å². The molecule has 4 nitrogen and oxygen atoms in total. The van der Waals surface area contributed by atoms with Gasteiger partial charge in [-0.3, -0.25) is 4.79 Å². The maximum Gasteiger partial charge on any atom is 0.407 e. The Morgan fingerprint density at radius 2 is 1.94 bits per heavy atom. The molecule has 2 aliphatic carbocycles. The van der Waals surface area contributed by atoms with Crippen LogP contribution in [0.1, 0.15) is 32.6 Å². The Bertz CT molecular complexity index is 303. The number of Topliss-reactive ketones (excluding diaryl/α,β-unsaturated/α-hetero) is 1. The van der Waals surface area contributed by atoms with Gasteiger partial charge in [0.15, 0.2) is 0 Å². The van der Waals surface area contributed by atoms with Crippen molar-refractivity contribution < 1.29 is 14.3 Å². The Labute approximate surface area is 95.7 Å². The number of ketones is 1. The first-order valence-corrected chi connectivity index (χ1v) is 6.01. The van der Waals surface area contributed by atoms with E-state index in [4.69, 9.17) is 0 Å². The molecule has 4 heteroatoms. The minimum absolute atomic E-state index is 0.00671. The second-order valence-electron chi connectivity index (χ2n) is 5.00. The van der Waals surface area contributed by atoms with E-state index in [2.05, 4.69) is 17.0 Å². The molecule has 0 radical (unpaired) electrons. The first-order chi connectivity index (χ1) is 7.63. The van der Waals surface area contributed by atoms with Crippen LogP contribution in [0.3, 0.4) is 0 Å². The van der Waals surface area contributed by atoms with Crippen molar-refractivity contribution in [2.45, 2.75) is 38.6 Å². The quantitative estimate of drug-likeness (QED) is 0.796. The molecule has 0 spiro atoms. The summed E-state index contributed by atoms with van der Waals surface area (Å²) in [7, 11) is 1.35. The van der Waals surface area contributed by atoms with Gasteiger partial charge in [-0.2, -0.15) is 0 Å². The first-order valence-electron chi connectivity index (χ1n) is 6.01. The van der Waals surface area contributed by atoms with Crippen molar-refractivity contribution in [1.29, 1.82) is 0 Å². The van der Waals surface area contributed by atoms with E-state index < -0.39 is 6.09 Å². The van der Waals surface area contributed by atoms with Crippen molar-refractivity contribution in [2.75, 3.05) is 7.11 Å². The number of rotatable bonds is 3. The van der Waals surface area contributed by atoms with Crippen LogP contribution >= 0.6 is 0 Å². The molecule has 4 atom stereocenters. The van der Waals surface area contributed by atoms with Gasteiger partial charge in [-0.15, -0.1) is 0 Å². The number of amides is 1. The smallest absolute Gasteiger partial charge is 0.407 e. The Hall–Kier alpha value is -1.06. The van der Waals surface area contributed by atoms with Crippen LogP contribution in [-0.4, -0.2) is 25.0 Å². The molecule has 2 saturated carbocycles. The zero-order valence-electron chi connectivity index (χ0n) is 9.86. The number of methoxy groups -OCH3 is 1. The largest absolute Gasteiger partial charge is 0.453 e. The molecule has 0 heterocycles. The highest BCUT2D eigenvalue weighted by atomic mass is 16.5. The zero-order chi connectivity index (χ0) is 11.7. The minimum Gasteiger partial charge on any atom is -0.453 e. The lowest BCUT2D eigenvalue weighted by Crippen LogP contribution is -2.40. The van der Waals surface area contributed by atoms with Crippen LogP contribution in [0.2, 0.25) is 0 Å². The summed E-state index contributed by atoms with van der Waals surface area (Å²) in [5, 5.41) is 2.78. The molecule has 4 unspecified atom stereocenters. The fourth-order valence-corrected chi connectivity index (χ4v) is 2.68. The molecule has 90 valence electrons. The zero-order valence-corrected chi connectivity index (χ0v) is 9.86. The summed E-state index contributed by atoms with van der Waals surface area (Å²) >= 11 is 0. The fourth-order valence-electron chi connectivity index (χ4n) is 2.68. The fraction of sp³-hybridized carbons (Fsp3) is 0.833. The third-order valence-corrected chi connectivity index (χ3v) is 3.84. The summed E-state index contributed by atoms with van der Waals surface area (Å²) in [4.78, 5) is 23.2. The summed E-state index contributed by atoms with van der Waals surface area (Å²) < 4.78 is 4.58. The van der Waals surface area contributed by atoms with Crippen LogP contribution in [0.25, 0.3) is 0 Å². The maximum atomic E-state index is 12.1. The van der Waals surface area contributed by atoms with Gasteiger partial charge in [-0.25, -0.2) is 4.79 Å². The molecular weight excluding hydrogens is 206 g/mol. The number of nitrogens with one attached hydrogen (secondary N) is 1. The number of hydrogen-bond acceptors (Lipinski definition) is 3. The van der Waals surface area contributed by atoms with Crippen LogP contribution in [0, 0.1) is 17.8 Å². The highest BCUT2D eigenvalue weighted by Crippen LogP contribution is 2.43. The van der Waals surface area contributed by atoms with E-state index in [0.717, 1.165) is 25.7 Å².